The minimum atomic E-state index is 0.542. The highest BCUT2D eigenvalue weighted by Crippen LogP contribution is 2.07. The zero-order valence-electron chi connectivity index (χ0n) is 8.16. The summed E-state index contributed by atoms with van der Waals surface area (Å²) >= 11 is 0. The van der Waals surface area contributed by atoms with Gasteiger partial charge in [0, 0.05) is 20.3 Å². The van der Waals surface area contributed by atoms with Gasteiger partial charge in [0.2, 0.25) is 0 Å². The molecule has 13 heavy (non-hydrogen) atoms. The Kier molecular flexibility index (Phi) is 3.70. The van der Waals surface area contributed by atoms with Gasteiger partial charge >= 0.3 is 0 Å². The van der Waals surface area contributed by atoms with Gasteiger partial charge in [-0.2, -0.15) is 0 Å². The quantitative estimate of drug-likeness (QED) is 0.675. The van der Waals surface area contributed by atoms with Crippen molar-refractivity contribution in [3.05, 3.63) is 5.69 Å². The van der Waals surface area contributed by atoms with Crippen LogP contribution in [0.15, 0.2) is 0 Å². The molecule has 0 fully saturated rings. The van der Waals surface area contributed by atoms with Gasteiger partial charge in [0.1, 0.15) is 0 Å². The molecule has 5 heteroatoms. The number of hydrogen-bond donors (Lipinski definition) is 1. The third-order valence-corrected chi connectivity index (χ3v) is 1.92. The molecule has 0 unspecified atom stereocenters. The maximum atomic E-state index is 5.63. The van der Waals surface area contributed by atoms with Gasteiger partial charge in [-0.1, -0.05) is 12.1 Å². The number of nitrogens with zero attached hydrogens (tertiary/aromatic N) is 3. The Balaban J connectivity index is 2.55. The molecule has 1 rings (SSSR count). The first-order valence-electron chi connectivity index (χ1n) is 4.46. The van der Waals surface area contributed by atoms with E-state index in [-0.39, 0.29) is 0 Å². The second-order valence-corrected chi connectivity index (χ2v) is 2.84. The summed E-state index contributed by atoms with van der Waals surface area (Å²) in [7, 11) is 1.69. The monoisotopic (exact) mass is 184 g/mol. The molecular formula is C8H16N4O. The van der Waals surface area contributed by atoms with E-state index in [0.717, 1.165) is 31.7 Å². The van der Waals surface area contributed by atoms with Crippen molar-refractivity contribution in [1.29, 1.82) is 0 Å². The van der Waals surface area contributed by atoms with Crippen molar-refractivity contribution < 1.29 is 4.74 Å². The molecule has 0 saturated heterocycles. The maximum Gasteiger partial charge on any atom is 0.169 e. The van der Waals surface area contributed by atoms with Gasteiger partial charge in [0.05, 0.1) is 5.69 Å². The van der Waals surface area contributed by atoms with E-state index in [4.69, 9.17) is 10.5 Å². The van der Waals surface area contributed by atoms with Crippen molar-refractivity contribution in [2.75, 3.05) is 19.5 Å². The summed E-state index contributed by atoms with van der Waals surface area (Å²) in [5, 5.41) is 7.76. The van der Waals surface area contributed by atoms with E-state index >= 15 is 0 Å². The highest BCUT2D eigenvalue weighted by Gasteiger charge is 2.06. The van der Waals surface area contributed by atoms with Crippen LogP contribution in [0.25, 0.3) is 0 Å². The van der Waals surface area contributed by atoms with Gasteiger partial charge in [0.15, 0.2) is 5.82 Å². The molecule has 2 N–H and O–H groups in total. The van der Waals surface area contributed by atoms with E-state index in [1.165, 1.54) is 0 Å². The fourth-order valence-corrected chi connectivity index (χ4v) is 1.25. The molecule has 0 amide bonds. The molecular weight excluding hydrogens is 168 g/mol. The van der Waals surface area contributed by atoms with Crippen molar-refractivity contribution in [1.82, 2.24) is 15.0 Å². The predicted molar refractivity (Wildman–Crippen MR) is 50.3 cm³/mol. The fourth-order valence-electron chi connectivity index (χ4n) is 1.25. The first kappa shape index (κ1) is 9.98. The second kappa shape index (κ2) is 4.81. The van der Waals surface area contributed by atoms with Crippen molar-refractivity contribution >= 4 is 5.82 Å². The van der Waals surface area contributed by atoms with Crippen LogP contribution >= 0.6 is 0 Å². The van der Waals surface area contributed by atoms with Crippen LogP contribution in [0.2, 0.25) is 0 Å². The van der Waals surface area contributed by atoms with Crippen LogP contribution in [-0.2, 0) is 17.7 Å². The number of anilines is 1. The van der Waals surface area contributed by atoms with Crippen molar-refractivity contribution in [2.24, 2.45) is 0 Å². The van der Waals surface area contributed by atoms with Gasteiger partial charge in [-0.15, -0.1) is 5.10 Å². The Hall–Kier alpha value is -1.10. The smallest absolute Gasteiger partial charge is 0.169 e. The van der Waals surface area contributed by atoms with Crippen LogP contribution < -0.4 is 5.73 Å². The van der Waals surface area contributed by atoms with E-state index in [9.17, 15) is 0 Å². The van der Waals surface area contributed by atoms with Crippen molar-refractivity contribution in [3.8, 4) is 0 Å². The summed E-state index contributed by atoms with van der Waals surface area (Å²) in [6.45, 7) is 3.60. The summed E-state index contributed by atoms with van der Waals surface area (Å²) < 4.78 is 6.79. The van der Waals surface area contributed by atoms with E-state index in [0.29, 0.717) is 5.82 Å². The average Bonchev–Trinajstić information content (AvgIpc) is 2.47. The number of aryl methyl sites for hydroxylation is 1. The molecule has 74 valence electrons. The number of aromatic nitrogens is 3. The van der Waals surface area contributed by atoms with Gasteiger partial charge < -0.3 is 10.5 Å². The lowest BCUT2D eigenvalue weighted by atomic mass is 10.3. The molecule has 0 atom stereocenters. The first-order valence-corrected chi connectivity index (χ1v) is 4.46. The fraction of sp³-hybridized carbons (Fsp3) is 0.750. The minimum absolute atomic E-state index is 0.542. The number of ether oxygens (including phenoxy) is 1. The number of nitrogen functional groups attached to an aromatic ring is 1. The molecule has 0 aromatic carbocycles. The Morgan fingerprint density at radius 3 is 2.92 bits per heavy atom. The van der Waals surface area contributed by atoms with Gasteiger partial charge in [-0.05, 0) is 12.8 Å². The molecule has 0 aliphatic carbocycles. The summed E-state index contributed by atoms with van der Waals surface area (Å²) in [5.74, 6) is 0.542. The molecule has 0 spiro atoms. The van der Waals surface area contributed by atoms with Crippen LogP contribution in [0.4, 0.5) is 5.82 Å². The number of hydrogen-bond acceptors (Lipinski definition) is 4. The Morgan fingerprint density at radius 2 is 2.31 bits per heavy atom. The van der Waals surface area contributed by atoms with Gasteiger partial charge in [0.25, 0.3) is 0 Å². The van der Waals surface area contributed by atoms with Crippen LogP contribution in [0.5, 0.6) is 0 Å². The van der Waals surface area contributed by atoms with Crippen LogP contribution in [-0.4, -0.2) is 28.7 Å². The van der Waals surface area contributed by atoms with Crippen molar-refractivity contribution in [2.45, 2.75) is 26.3 Å². The SMILES string of the molecule is CCc1c(N)nnn1CCCOC. The standard InChI is InChI=1S/C8H16N4O/c1-3-7-8(9)10-11-12(7)5-4-6-13-2/h3-6,9H2,1-2H3. The Labute approximate surface area is 77.9 Å². The first-order chi connectivity index (χ1) is 6.29. The molecule has 0 radical (unpaired) electrons. The van der Waals surface area contributed by atoms with E-state index in [2.05, 4.69) is 10.3 Å². The molecule has 1 heterocycles. The topological polar surface area (TPSA) is 66.0 Å². The summed E-state index contributed by atoms with van der Waals surface area (Å²) in [6, 6.07) is 0. The van der Waals surface area contributed by atoms with E-state index < -0.39 is 0 Å². The predicted octanol–water partition coefficient (Wildman–Crippen LogP) is 0.459. The Bertz CT molecular complexity index is 259. The lowest BCUT2D eigenvalue weighted by Gasteiger charge is -2.03. The van der Waals surface area contributed by atoms with E-state index in [1.54, 1.807) is 7.11 Å². The molecule has 0 aliphatic heterocycles. The number of nitrogens with two attached hydrogens (primary N) is 1. The number of methoxy groups -OCH3 is 1. The molecule has 1 aromatic heterocycles. The molecule has 1 aromatic rings. The summed E-state index contributed by atoms with van der Waals surface area (Å²) in [5.41, 5.74) is 6.64. The van der Waals surface area contributed by atoms with Crippen LogP contribution in [0.1, 0.15) is 19.0 Å². The van der Waals surface area contributed by atoms with Crippen LogP contribution in [0, 0.1) is 0 Å². The third-order valence-electron chi connectivity index (χ3n) is 1.92. The molecule has 0 aliphatic rings. The zero-order chi connectivity index (χ0) is 9.68. The number of rotatable bonds is 5. The van der Waals surface area contributed by atoms with Crippen LogP contribution in [0.3, 0.4) is 0 Å². The zero-order valence-corrected chi connectivity index (χ0v) is 8.16. The molecule has 0 saturated carbocycles. The van der Waals surface area contributed by atoms with Gasteiger partial charge in [-0.3, -0.25) is 0 Å². The van der Waals surface area contributed by atoms with Gasteiger partial charge in [-0.25, -0.2) is 4.68 Å². The normalized spacial score (nSPS) is 10.6. The molecule has 5 nitrogen and oxygen atoms in total. The van der Waals surface area contributed by atoms with E-state index in [1.807, 2.05) is 11.6 Å². The average molecular weight is 184 g/mol. The highest BCUT2D eigenvalue weighted by molar-refractivity contribution is 5.32. The van der Waals surface area contributed by atoms with Crippen molar-refractivity contribution in [3.63, 3.8) is 0 Å². The second-order valence-electron chi connectivity index (χ2n) is 2.84. The highest BCUT2D eigenvalue weighted by atomic mass is 16.5. The summed E-state index contributed by atoms with van der Waals surface area (Å²) in [6.07, 6.45) is 1.80. The largest absolute Gasteiger partial charge is 0.385 e. The minimum Gasteiger partial charge on any atom is -0.385 e. The lowest BCUT2D eigenvalue weighted by molar-refractivity contribution is 0.188. The maximum absolute atomic E-state index is 5.63. The third kappa shape index (κ3) is 2.42. The lowest BCUT2D eigenvalue weighted by Crippen LogP contribution is -2.07. The summed E-state index contributed by atoms with van der Waals surface area (Å²) in [4.78, 5) is 0. The Morgan fingerprint density at radius 1 is 1.54 bits per heavy atom. The molecule has 0 bridgehead atoms.